The van der Waals surface area contributed by atoms with Crippen LogP contribution in [0.25, 0.3) is 0 Å². The van der Waals surface area contributed by atoms with E-state index < -0.39 is 0 Å². The molecule has 1 aromatic carbocycles. The van der Waals surface area contributed by atoms with E-state index in [0.717, 1.165) is 58.4 Å². The predicted molar refractivity (Wildman–Crippen MR) is 98.5 cm³/mol. The van der Waals surface area contributed by atoms with Gasteiger partial charge in [-0.05, 0) is 30.7 Å². The van der Waals surface area contributed by atoms with Gasteiger partial charge in [0.2, 0.25) is 0 Å². The molecule has 1 saturated carbocycles. The van der Waals surface area contributed by atoms with Crippen LogP contribution in [-0.2, 0) is 4.74 Å². The number of aliphatic imine (C=N–C) groups is 1. The third kappa shape index (κ3) is 5.21. The van der Waals surface area contributed by atoms with Gasteiger partial charge in [0.25, 0.3) is 0 Å². The molecule has 1 aliphatic carbocycles. The summed E-state index contributed by atoms with van der Waals surface area (Å²) >= 11 is 0. The Bertz CT molecular complexity index is 513. The summed E-state index contributed by atoms with van der Waals surface area (Å²) in [5.41, 5.74) is 1.46. The lowest BCUT2D eigenvalue weighted by atomic mass is 10.1. The molecule has 132 valence electrons. The largest absolute Gasteiger partial charge is 0.379 e. The minimum Gasteiger partial charge on any atom is -0.379 e. The molecule has 2 aliphatic rings. The Balaban J connectivity index is 1.40. The van der Waals surface area contributed by atoms with Gasteiger partial charge in [0.15, 0.2) is 5.96 Å². The summed E-state index contributed by atoms with van der Waals surface area (Å²) in [6, 6.07) is 10.8. The highest BCUT2D eigenvalue weighted by molar-refractivity contribution is 5.79. The number of rotatable bonds is 7. The van der Waals surface area contributed by atoms with E-state index in [-0.39, 0.29) is 0 Å². The maximum absolute atomic E-state index is 5.39. The summed E-state index contributed by atoms with van der Waals surface area (Å²) in [5, 5.41) is 6.82. The molecule has 5 nitrogen and oxygen atoms in total. The van der Waals surface area contributed by atoms with Crippen LogP contribution < -0.4 is 10.6 Å². The van der Waals surface area contributed by atoms with Crippen LogP contribution in [0.3, 0.4) is 0 Å². The third-order valence-electron chi connectivity index (χ3n) is 4.80. The molecule has 0 spiro atoms. The van der Waals surface area contributed by atoms with Crippen molar-refractivity contribution in [2.75, 3.05) is 52.5 Å². The highest BCUT2D eigenvalue weighted by Crippen LogP contribution is 2.47. The zero-order valence-electron chi connectivity index (χ0n) is 14.7. The van der Waals surface area contributed by atoms with Crippen molar-refractivity contribution in [1.29, 1.82) is 0 Å². The molecular formula is C19H30N4O. The number of hydrogen-bond acceptors (Lipinski definition) is 3. The Morgan fingerprint density at radius 1 is 1.21 bits per heavy atom. The van der Waals surface area contributed by atoms with Gasteiger partial charge < -0.3 is 15.4 Å². The van der Waals surface area contributed by atoms with E-state index >= 15 is 0 Å². The van der Waals surface area contributed by atoms with Crippen molar-refractivity contribution in [3.8, 4) is 0 Å². The third-order valence-corrected chi connectivity index (χ3v) is 4.80. The van der Waals surface area contributed by atoms with Gasteiger partial charge in [0.1, 0.15) is 0 Å². The van der Waals surface area contributed by atoms with Crippen LogP contribution in [0, 0.1) is 5.92 Å². The first-order chi connectivity index (χ1) is 11.9. The maximum Gasteiger partial charge on any atom is 0.191 e. The van der Waals surface area contributed by atoms with Crippen molar-refractivity contribution in [1.82, 2.24) is 15.5 Å². The summed E-state index contributed by atoms with van der Waals surface area (Å²) in [6.07, 6.45) is 1.26. The van der Waals surface area contributed by atoms with Crippen LogP contribution in [0.5, 0.6) is 0 Å². The van der Waals surface area contributed by atoms with Crippen LogP contribution in [0.4, 0.5) is 0 Å². The highest BCUT2D eigenvalue weighted by atomic mass is 16.5. The van der Waals surface area contributed by atoms with E-state index in [2.05, 4.69) is 52.8 Å². The molecule has 0 bridgehead atoms. The zero-order chi connectivity index (χ0) is 16.6. The molecule has 0 radical (unpaired) electrons. The molecule has 2 fully saturated rings. The van der Waals surface area contributed by atoms with Crippen molar-refractivity contribution in [3.05, 3.63) is 35.9 Å². The monoisotopic (exact) mass is 330 g/mol. The maximum atomic E-state index is 5.39. The smallest absolute Gasteiger partial charge is 0.191 e. The quantitative estimate of drug-likeness (QED) is 0.590. The highest BCUT2D eigenvalue weighted by Gasteiger charge is 2.37. The van der Waals surface area contributed by atoms with Crippen molar-refractivity contribution in [3.63, 3.8) is 0 Å². The topological polar surface area (TPSA) is 48.9 Å². The van der Waals surface area contributed by atoms with Gasteiger partial charge >= 0.3 is 0 Å². The Morgan fingerprint density at radius 3 is 2.75 bits per heavy atom. The van der Waals surface area contributed by atoms with E-state index in [9.17, 15) is 0 Å². The van der Waals surface area contributed by atoms with Gasteiger partial charge in [-0.1, -0.05) is 30.3 Å². The summed E-state index contributed by atoms with van der Waals surface area (Å²) in [4.78, 5) is 7.22. The molecular weight excluding hydrogens is 300 g/mol. The van der Waals surface area contributed by atoms with Crippen LogP contribution in [-0.4, -0.2) is 63.3 Å². The lowest BCUT2D eigenvalue weighted by Gasteiger charge is -2.26. The van der Waals surface area contributed by atoms with Crippen LogP contribution in [0.1, 0.15) is 24.8 Å². The first-order valence-corrected chi connectivity index (χ1v) is 9.24. The van der Waals surface area contributed by atoms with Crippen molar-refractivity contribution < 1.29 is 4.74 Å². The van der Waals surface area contributed by atoms with E-state index in [1.807, 2.05) is 0 Å². The fourth-order valence-electron chi connectivity index (χ4n) is 3.27. The van der Waals surface area contributed by atoms with Gasteiger partial charge in [0.05, 0.1) is 13.2 Å². The second kappa shape index (κ2) is 9.04. The fraction of sp³-hybridized carbons (Fsp3) is 0.632. The van der Waals surface area contributed by atoms with Crippen LogP contribution in [0.2, 0.25) is 0 Å². The van der Waals surface area contributed by atoms with Crippen molar-refractivity contribution >= 4 is 5.96 Å². The Morgan fingerprint density at radius 2 is 2.00 bits per heavy atom. The molecule has 1 aromatic rings. The average Bonchev–Trinajstić information content (AvgIpc) is 3.41. The fourth-order valence-corrected chi connectivity index (χ4v) is 3.27. The Kier molecular flexibility index (Phi) is 6.49. The lowest BCUT2D eigenvalue weighted by molar-refractivity contribution is 0.0389. The van der Waals surface area contributed by atoms with Gasteiger partial charge in [-0.3, -0.25) is 9.89 Å². The molecule has 1 saturated heterocycles. The molecule has 5 heteroatoms. The second-order valence-corrected chi connectivity index (χ2v) is 6.61. The molecule has 1 heterocycles. The summed E-state index contributed by atoms with van der Waals surface area (Å²) < 4.78 is 5.39. The number of hydrogen-bond donors (Lipinski definition) is 2. The van der Waals surface area contributed by atoms with E-state index in [1.54, 1.807) is 0 Å². The molecule has 0 amide bonds. The molecule has 2 atom stereocenters. The average molecular weight is 330 g/mol. The number of nitrogens with one attached hydrogen (secondary N) is 2. The molecule has 24 heavy (non-hydrogen) atoms. The predicted octanol–water partition coefficient (Wildman–Crippen LogP) is 1.68. The van der Waals surface area contributed by atoms with Gasteiger partial charge in [-0.2, -0.15) is 0 Å². The minimum atomic E-state index is 0.696. The molecule has 0 aromatic heterocycles. The van der Waals surface area contributed by atoms with Gasteiger partial charge in [0, 0.05) is 39.3 Å². The Hall–Kier alpha value is -1.59. The molecule has 2 unspecified atom stereocenters. The number of nitrogens with zero attached hydrogens (tertiary/aromatic N) is 2. The number of guanidine groups is 1. The number of ether oxygens (including phenoxy) is 1. The standard InChI is InChI=1S/C19H30N4O/c1-2-20-19(21-8-9-23-10-12-24-13-11-23)22-15-17-14-18(17)16-6-4-3-5-7-16/h3-7,17-18H,2,8-15H2,1H3,(H2,20,21,22). The summed E-state index contributed by atoms with van der Waals surface area (Å²) in [5.74, 6) is 2.35. The van der Waals surface area contributed by atoms with Crippen molar-refractivity contribution in [2.24, 2.45) is 10.9 Å². The van der Waals surface area contributed by atoms with Gasteiger partial charge in [-0.25, -0.2) is 0 Å². The first kappa shape index (κ1) is 17.2. The first-order valence-electron chi connectivity index (χ1n) is 9.24. The van der Waals surface area contributed by atoms with E-state index in [4.69, 9.17) is 9.73 Å². The van der Waals surface area contributed by atoms with E-state index in [0.29, 0.717) is 11.8 Å². The normalized spacial score (nSPS) is 24.6. The zero-order valence-corrected chi connectivity index (χ0v) is 14.7. The summed E-state index contributed by atoms with van der Waals surface area (Å²) in [7, 11) is 0. The summed E-state index contributed by atoms with van der Waals surface area (Å²) in [6.45, 7) is 9.69. The second-order valence-electron chi connectivity index (χ2n) is 6.61. The number of benzene rings is 1. The van der Waals surface area contributed by atoms with Crippen LogP contribution in [0.15, 0.2) is 35.3 Å². The van der Waals surface area contributed by atoms with Crippen LogP contribution >= 0.6 is 0 Å². The minimum absolute atomic E-state index is 0.696. The molecule has 2 N–H and O–H groups in total. The Labute approximate surface area is 145 Å². The lowest BCUT2D eigenvalue weighted by Crippen LogP contribution is -2.44. The number of morpholine rings is 1. The molecule has 1 aliphatic heterocycles. The SMILES string of the molecule is CCNC(=NCC1CC1c1ccccc1)NCCN1CCOCC1. The van der Waals surface area contributed by atoms with Gasteiger partial charge in [-0.15, -0.1) is 0 Å². The molecule has 3 rings (SSSR count). The van der Waals surface area contributed by atoms with E-state index in [1.165, 1.54) is 12.0 Å². The van der Waals surface area contributed by atoms with Crippen molar-refractivity contribution in [2.45, 2.75) is 19.3 Å².